The fraction of sp³-hybridized carbons (Fsp3) is 0.111. The molecule has 1 rings (SSSR count). The van der Waals surface area contributed by atoms with Gasteiger partial charge in [-0.15, -0.1) is 0 Å². The maximum atomic E-state index is 11.4. The topological polar surface area (TPSA) is 41.1 Å². The highest BCUT2D eigenvalue weighted by molar-refractivity contribution is 8.22. The number of carbonyl (C=O) groups is 1. The van der Waals surface area contributed by atoms with Gasteiger partial charge in [0.15, 0.2) is 4.32 Å². The van der Waals surface area contributed by atoms with Gasteiger partial charge in [0.25, 0.3) is 5.91 Å². The van der Waals surface area contributed by atoms with Crippen LogP contribution in [0.4, 0.5) is 0 Å². The number of hydrogen-bond donors (Lipinski definition) is 2. The smallest absolute Gasteiger partial charge is 0.269 e. The zero-order chi connectivity index (χ0) is 10.4. The number of benzene rings is 1. The van der Waals surface area contributed by atoms with Crippen molar-refractivity contribution in [3.05, 3.63) is 35.9 Å². The van der Waals surface area contributed by atoms with Crippen molar-refractivity contribution >= 4 is 34.2 Å². The third-order valence-corrected chi connectivity index (χ3v) is 2.57. The zero-order valence-corrected chi connectivity index (χ0v) is 9.24. The molecule has 0 aliphatic carbocycles. The van der Waals surface area contributed by atoms with Gasteiger partial charge in [-0.2, -0.15) is 0 Å². The van der Waals surface area contributed by atoms with Crippen LogP contribution in [0, 0.1) is 0 Å². The van der Waals surface area contributed by atoms with E-state index < -0.39 is 0 Å². The second kappa shape index (κ2) is 5.62. The van der Waals surface area contributed by atoms with Crippen molar-refractivity contribution in [2.24, 2.45) is 0 Å². The summed E-state index contributed by atoms with van der Waals surface area (Å²) in [4.78, 5) is 11.4. The second-order valence-electron chi connectivity index (χ2n) is 2.44. The van der Waals surface area contributed by atoms with Gasteiger partial charge in [-0.3, -0.25) is 15.6 Å². The average molecular weight is 226 g/mol. The standard InChI is InChI=1S/C9H10N2OS2/c1-14-9(13)11-10-8(12)7-5-3-2-4-6-7/h2-6H,1H3,(H,10,12)(H,11,13). The van der Waals surface area contributed by atoms with Crippen molar-refractivity contribution in [3.8, 4) is 0 Å². The molecule has 0 aliphatic heterocycles. The maximum Gasteiger partial charge on any atom is 0.269 e. The molecule has 0 saturated carbocycles. The molecule has 0 atom stereocenters. The van der Waals surface area contributed by atoms with Crippen LogP contribution in [0.2, 0.25) is 0 Å². The first-order chi connectivity index (χ1) is 6.74. The van der Waals surface area contributed by atoms with E-state index in [0.29, 0.717) is 9.88 Å². The van der Waals surface area contributed by atoms with Gasteiger partial charge in [0.05, 0.1) is 0 Å². The Bertz CT molecular complexity index is 327. The quantitative estimate of drug-likeness (QED) is 0.563. The Morgan fingerprint density at radius 2 is 1.93 bits per heavy atom. The van der Waals surface area contributed by atoms with Gasteiger partial charge in [-0.05, 0) is 18.4 Å². The lowest BCUT2D eigenvalue weighted by Gasteiger charge is -2.06. The van der Waals surface area contributed by atoms with E-state index in [9.17, 15) is 4.79 Å². The lowest BCUT2D eigenvalue weighted by atomic mass is 10.2. The predicted molar refractivity (Wildman–Crippen MR) is 63.2 cm³/mol. The Labute approximate surface area is 92.2 Å². The fourth-order valence-corrected chi connectivity index (χ4v) is 1.02. The van der Waals surface area contributed by atoms with Gasteiger partial charge in [0.1, 0.15) is 0 Å². The van der Waals surface area contributed by atoms with E-state index in [-0.39, 0.29) is 5.91 Å². The van der Waals surface area contributed by atoms with Crippen molar-refractivity contribution in [2.75, 3.05) is 6.26 Å². The largest absolute Gasteiger partial charge is 0.283 e. The third kappa shape index (κ3) is 3.35. The molecule has 5 heteroatoms. The number of hydrogen-bond acceptors (Lipinski definition) is 3. The minimum atomic E-state index is -0.193. The molecule has 2 N–H and O–H groups in total. The Morgan fingerprint density at radius 1 is 1.29 bits per heavy atom. The molecule has 0 saturated heterocycles. The van der Waals surface area contributed by atoms with Gasteiger partial charge in [-0.1, -0.05) is 42.2 Å². The molecule has 0 aliphatic rings. The maximum absolute atomic E-state index is 11.4. The number of amides is 1. The average Bonchev–Trinajstić information content (AvgIpc) is 2.26. The van der Waals surface area contributed by atoms with Crippen LogP contribution in [0.25, 0.3) is 0 Å². The van der Waals surface area contributed by atoms with Crippen LogP contribution in [0.3, 0.4) is 0 Å². The van der Waals surface area contributed by atoms with Crippen molar-refractivity contribution in [3.63, 3.8) is 0 Å². The molecule has 0 bridgehead atoms. The number of rotatable bonds is 1. The van der Waals surface area contributed by atoms with Crippen LogP contribution in [-0.2, 0) is 0 Å². The number of carbonyl (C=O) groups excluding carboxylic acids is 1. The highest BCUT2D eigenvalue weighted by atomic mass is 32.2. The third-order valence-electron chi connectivity index (χ3n) is 1.50. The molecule has 1 aromatic carbocycles. The summed E-state index contributed by atoms with van der Waals surface area (Å²) in [6, 6.07) is 8.94. The van der Waals surface area contributed by atoms with Crippen LogP contribution in [0.5, 0.6) is 0 Å². The molecule has 14 heavy (non-hydrogen) atoms. The Morgan fingerprint density at radius 3 is 2.50 bits per heavy atom. The van der Waals surface area contributed by atoms with E-state index in [1.807, 2.05) is 24.5 Å². The van der Waals surface area contributed by atoms with Crippen LogP contribution in [0.15, 0.2) is 30.3 Å². The van der Waals surface area contributed by atoms with Gasteiger partial charge in [0.2, 0.25) is 0 Å². The number of thioether (sulfide) groups is 1. The normalized spacial score (nSPS) is 9.21. The first-order valence-corrected chi connectivity index (χ1v) is 5.56. The van der Waals surface area contributed by atoms with Crippen LogP contribution >= 0.6 is 24.0 Å². The van der Waals surface area contributed by atoms with E-state index >= 15 is 0 Å². The predicted octanol–water partition coefficient (Wildman–Crippen LogP) is 1.57. The minimum absolute atomic E-state index is 0.193. The lowest BCUT2D eigenvalue weighted by Crippen LogP contribution is -2.39. The van der Waals surface area contributed by atoms with Gasteiger partial charge < -0.3 is 0 Å². The van der Waals surface area contributed by atoms with E-state index in [0.717, 1.165) is 0 Å². The Balaban J connectivity index is 2.48. The van der Waals surface area contributed by atoms with Crippen molar-refractivity contribution < 1.29 is 4.79 Å². The van der Waals surface area contributed by atoms with E-state index in [1.54, 1.807) is 12.1 Å². The summed E-state index contributed by atoms with van der Waals surface area (Å²) < 4.78 is 0.536. The first kappa shape index (κ1) is 11.0. The van der Waals surface area contributed by atoms with E-state index in [4.69, 9.17) is 12.2 Å². The molecular formula is C9H10N2OS2. The Kier molecular flexibility index (Phi) is 4.42. The van der Waals surface area contributed by atoms with Crippen molar-refractivity contribution in [1.29, 1.82) is 0 Å². The molecule has 1 amide bonds. The number of hydrazine groups is 1. The lowest BCUT2D eigenvalue weighted by molar-refractivity contribution is 0.0944. The number of thiocarbonyl (C=S) groups is 1. The molecule has 0 spiro atoms. The monoisotopic (exact) mass is 226 g/mol. The van der Waals surface area contributed by atoms with Gasteiger partial charge in [-0.25, -0.2) is 0 Å². The summed E-state index contributed by atoms with van der Waals surface area (Å²) >= 11 is 6.23. The van der Waals surface area contributed by atoms with Gasteiger partial charge in [0, 0.05) is 5.56 Å². The number of nitrogens with one attached hydrogen (secondary N) is 2. The Hall–Kier alpha value is -1.07. The molecular weight excluding hydrogens is 216 g/mol. The summed E-state index contributed by atoms with van der Waals surface area (Å²) in [5, 5.41) is 0. The van der Waals surface area contributed by atoms with E-state index in [1.165, 1.54) is 11.8 Å². The SMILES string of the molecule is CSC(=S)NNC(=O)c1ccccc1. The molecule has 0 heterocycles. The molecule has 3 nitrogen and oxygen atoms in total. The van der Waals surface area contributed by atoms with E-state index in [2.05, 4.69) is 10.9 Å². The molecule has 1 aromatic rings. The van der Waals surface area contributed by atoms with Crippen molar-refractivity contribution in [2.45, 2.75) is 0 Å². The van der Waals surface area contributed by atoms with Crippen LogP contribution < -0.4 is 10.9 Å². The highest BCUT2D eigenvalue weighted by Gasteiger charge is 2.03. The summed E-state index contributed by atoms with van der Waals surface area (Å²) in [5.41, 5.74) is 5.72. The van der Waals surface area contributed by atoms with Crippen molar-refractivity contribution in [1.82, 2.24) is 10.9 Å². The molecule has 0 unspecified atom stereocenters. The van der Waals surface area contributed by atoms with Crippen LogP contribution in [-0.4, -0.2) is 16.5 Å². The van der Waals surface area contributed by atoms with Crippen LogP contribution in [0.1, 0.15) is 10.4 Å². The molecule has 0 fully saturated rings. The molecule has 74 valence electrons. The molecule has 0 radical (unpaired) electrons. The second-order valence-corrected chi connectivity index (χ2v) is 3.92. The fourth-order valence-electron chi connectivity index (χ4n) is 0.821. The summed E-state index contributed by atoms with van der Waals surface area (Å²) in [7, 11) is 0. The zero-order valence-electron chi connectivity index (χ0n) is 7.61. The highest BCUT2D eigenvalue weighted by Crippen LogP contribution is 1.97. The van der Waals surface area contributed by atoms with Gasteiger partial charge >= 0.3 is 0 Å². The molecule has 0 aromatic heterocycles. The summed E-state index contributed by atoms with van der Waals surface area (Å²) in [6.45, 7) is 0. The first-order valence-electron chi connectivity index (χ1n) is 3.93. The summed E-state index contributed by atoms with van der Waals surface area (Å²) in [6.07, 6.45) is 1.84. The minimum Gasteiger partial charge on any atom is -0.283 e. The summed E-state index contributed by atoms with van der Waals surface area (Å²) in [5.74, 6) is -0.193.